The molecule has 1 aromatic heterocycles. The van der Waals surface area contributed by atoms with E-state index in [-0.39, 0.29) is 18.6 Å². The number of likely N-dealkylation sites (tertiary alicyclic amines) is 1. The lowest BCUT2D eigenvalue weighted by Crippen LogP contribution is -2.44. The maximum atomic E-state index is 12.2. The molecule has 2 amide bonds. The molecule has 0 aromatic carbocycles. The number of nitrogens with zero attached hydrogens (tertiary/aromatic N) is 1. The van der Waals surface area contributed by atoms with Crippen LogP contribution >= 0.6 is 0 Å². The van der Waals surface area contributed by atoms with Crippen LogP contribution in [-0.2, 0) is 11.2 Å². The van der Waals surface area contributed by atoms with Gasteiger partial charge >= 0.3 is 12.0 Å². The molecule has 0 saturated carbocycles. The molecular formula is C16H24N2O4. The average Bonchev–Trinajstić information content (AvgIpc) is 3.04. The van der Waals surface area contributed by atoms with Gasteiger partial charge in [-0.25, -0.2) is 4.79 Å². The molecule has 1 aliphatic rings. The fourth-order valence-electron chi connectivity index (χ4n) is 2.66. The maximum absolute atomic E-state index is 12.2. The molecule has 2 heterocycles. The highest BCUT2D eigenvalue weighted by molar-refractivity contribution is 5.79. The Bertz CT molecular complexity index is 554. The highest BCUT2D eigenvalue weighted by atomic mass is 16.4. The van der Waals surface area contributed by atoms with Gasteiger partial charge < -0.3 is 19.7 Å². The van der Waals surface area contributed by atoms with Crippen LogP contribution in [0.5, 0.6) is 0 Å². The van der Waals surface area contributed by atoms with Crippen LogP contribution in [0.1, 0.15) is 38.2 Å². The van der Waals surface area contributed by atoms with Crippen LogP contribution < -0.4 is 5.32 Å². The summed E-state index contributed by atoms with van der Waals surface area (Å²) in [4.78, 5) is 25.0. The van der Waals surface area contributed by atoms with E-state index in [1.54, 1.807) is 11.8 Å². The third kappa shape index (κ3) is 3.81. The van der Waals surface area contributed by atoms with Crippen molar-refractivity contribution in [2.75, 3.05) is 13.1 Å². The van der Waals surface area contributed by atoms with E-state index in [0.717, 1.165) is 24.4 Å². The molecule has 2 rings (SSSR count). The molecule has 22 heavy (non-hydrogen) atoms. The fourth-order valence-corrected chi connectivity index (χ4v) is 2.66. The molecule has 6 nitrogen and oxygen atoms in total. The Morgan fingerprint density at radius 1 is 1.50 bits per heavy atom. The van der Waals surface area contributed by atoms with E-state index < -0.39 is 11.4 Å². The summed E-state index contributed by atoms with van der Waals surface area (Å²) >= 11 is 0. The maximum Gasteiger partial charge on any atom is 0.317 e. The summed E-state index contributed by atoms with van der Waals surface area (Å²) < 4.78 is 5.50. The zero-order valence-electron chi connectivity index (χ0n) is 13.4. The number of rotatable bonds is 5. The summed E-state index contributed by atoms with van der Waals surface area (Å²) in [5.74, 6) is 0.957. The number of hydrogen-bond donors (Lipinski definition) is 2. The van der Waals surface area contributed by atoms with Crippen LogP contribution in [0.4, 0.5) is 4.79 Å². The minimum absolute atomic E-state index is 0.00888. The Morgan fingerprint density at radius 3 is 2.77 bits per heavy atom. The normalized spacial score (nSPS) is 22.6. The first kappa shape index (κ1) is 16.4. The third-order valence-electron chi connectivity index (χ3n) is 4.27. The Labute approximate surface area is 130 Å². The Balaban J connectivity index is 1.78. The van der Waals surface area contributed by atoms with Gasteiger partial charge in [-0.15, -0.1) is 0 Å². The summed E-state index contributed by atoms with van der Waals surface area (Å²) in [7, 11) is 0. The predicted octanol–water partition coefficient (Wildman–Crippen LogP) is 2.42. The van der Waals surface area contributed by atoms with Crippen molar-refractivity contribution < 1.29 is 19.1 Å². The number of carbonyl (C=O) groups excluding carboxylic acids is 1. The summed E-state index contributed by atoms with van der Waals surface area (Å²) in [6.45, 7) is 6.28. The summed E-state index contributed by atoms with van der Waals surface area (Å²) in [6, 6.07) is 3.70. The van der Waals surface area contributed by atoms with Crippen LogP contribution in [0.15, 0.2) is 16.5 Å². The molecule has 0 spiro atoms. The van der Waals surface area contributed by atoms with Crippen molar-refractivity contribution in [3.05, 3.63) is 23.7 Å². The van der Waals surface area contributed by atoms with Crippen molar-refractivity contribution in [1.82, 2.24) is 10.2 Å². The molecule has 122 valence electrons. The van der Waals surface area contributed by atoms with Crippen LogP contribution in [-0.4, -0.2) is 41.1 Å². The average molecular weight is 308 g/mol. The standard InChI is InChI=1S/C16H24N2O4/c1-11(4-6-13-7-5-12(2)22-13)17-15(21)18-9-8-16(3,10-18)14(19)20/h5,7,11H,4,6,8-10H2,1-3H3,(H,17,21)(H,19,20). The van der Waals surface area contributed by atoms with Crippen LogP contribution in [0.2, 0.25) is 0 Å². The number of hydrogen-bond acceptors (Lipinski definition) is 3. The molecule has 1 fully saturated rings. The van der Waals surface area contributed by atoms with E-state index in [0.29, 0.717) is 13.0 Å². The van der Waals surface area contributed by atoms with Crippen molar-refractivity contribution in [3.63, 3.8) is 0 Å². The summed E-state index contributed by atoms with van der Waals surface area (Å²) in [5.41, 5.74) is -0.827. The molecule has 2 atom stereocenters. The van der Waals surface area contributed by atoms with Gasteiger partial charge in [-0.05, 0) is 45.7 Å². The molecule has 1 aromatic rings. The van der Waals surface area contributed by atoms with E-state index in [2.05, 4.69) is 5.32 Å². The highest BCUT2D eigenvalue weighted by Gasteiger charge is 2.42. The zero-order chi connectivity index (χ0) is 16.3. The number of aliphatic carboxylic acids is 1. The van der Waals surface area contributed by atoms with E-state index in [1.807, 2.05) is 26.0 Å². The molecular weight excluding hydrogens is 284 g/mol. The van der Waals surface area contributed by atoms with Gasteiger partial charge in [0.2, 0.25) is 0 Å². The van der Waals surface area contributed by atoms with Gasteiger partial charge in [-0.3, -0.25) is 4.79 Å². The number of carboxylic acids is 1. The van der Waals surface area contributed by atoms with Gasteiger partial charge in [0.25, 0.3) is 0 Å². The monoisotopic (exact) mass is 308 g/mol. The predicted molar refractivity (Wildman–Crippen MR) is 81.7 cm³/mol. The number of urea groups is 1. The van der Waals surface area contributed by atoms with E-state index in [1.165, 1.54) is 0 Å². The third-order valence-corrected chi connectivity index (χ3v) is 4.27. The van der Waals surface area contributed by atoms with Crippen molar-refractivity contribution in [2.45, 2.75) is 46.1 Å². The molecule has 6 heteroatoms. The molecule has 0 aliphatic carbocycles. The lowest BCUT2D eigenvalue weighted by molar-refractivity contribution is -0.146. The molecule has 1 aliphatic heterocycles. The quantitative estimate of drug-likeness (QED) is 0.875. The first-order valence-corrected chi connectivity index (χ1v) is 7.64. The topological polar surface area (TPSA) is 82.8 Å². The van der Waals surface area contributed by atoms with Gasteiger partial charge in [0.15, 0.2) is 0 Å². The largest absolute Gasteiger partial charge is 0.481 e. The summed E-state index contributed by atoms with van der Waals surface area (Å²) in [5, 5.41) is 12.1. The molecule has 0 bridgehead atoms. The second kappa shape index (κ2) is 6.42. The molecule has 2 N–H and O–H groups in total. The summed E-state index contributed by atoms with van der Waals surface area (Å²) in [6.07, 6.45) is 2.04. The fraction of sp³-hybridized carbons (Fsp3) is 0.625. The van der Waals surface area contributed by atoms with Crippen molar-refractivity contribution in [3.8, 4) is 0 Å². The second-order valence-corrected chi connectivity index (χ2v) is 6.44. The van der Waals surface area contributed by atoms with E-state index in [4.69, 9.17) is 4.42 Å². The molecule has 2 unspecified atom stereocenters. The van der Waals surface area contributed by atoms with Crippen LogP contribution in [0.25, 0.3) is 0 Å². The minimum atomic E-state index is -0.843. The highest BCUT2D eigenvalue weighted by Crippen LogP contribution is 2.30. The van der Waals surface area contributed by atoms with E-state index in [9.17, 15) is 14.7 Å². The Morgan fingerprint density at radius 2 is 2.23 bits per heavy atom. The number of carboxylic acid groups (broad SMARTS) is 1. The van der Waals surface area contributed by atoms with Crippen molar-refractivity contribution >= 4 is 12.0 Å². The smallest absolute Gasteiger partial charge is 0.317 e. The van der Waals surface area contributed by atoms with Crippen molar-refractivity contribution in [2.24, 2.45) is 5.41 Å². The number of aryl methyl sites for hydroxylation is 2. The SMILES string of the molecule is Cc1ccc(CCC(C)NC(=O)N2CCC(C)(C(=O)O)C2)o1. The number of nitrogens with one attached hydrogen (secondary N) is 1. The van der Waals surface area contributed by atoms with Gasteiger partial charge in [-0.2, -0.15) is 0 Å². The lowest BCUT2D eigenvalue weighted by atomic mass is 9.90. The first-order chi connectivity index (χ1) is 10.3. The van der Waals surface area contributed by atoms with E-state index >= 15 is 0 Å². The minimum Gasteiger partial charge on any atom is -0.481 e. The first-order valence-electron chi connectivity index (χ1n) is 7.64. The van der Waals surface area contributed by atoms with Gasteiger partial charge in [-0.1, -0.05) is 0 Å². The number of amides is 2. The van der Waals surface area contributed by atoms with Crippen LogP contribution in [0.3, 0.4) is 0 Å². The molecule has 1 saturated heterocycles. The van der Waals surface area contributed by atoms with Crippen LogP contribution in [0, 0.1) is 12.3 Å². The van der Waals surface area contributed by atoms with Gasteiger partial charge in [0, 0.05) is 25.6 Å². The Hall–Kier alpha value is -1.98. The van der Waals surface area contributed by atoms with Crippen molar-refractivity contribution in [1.29, 1.82) is 0 Å². The molecule has 0 radical (unpaired) electrons. The number of furan rings is 1. The second-order valence-electron chi connectivity index (χ2n) is 6.44. The Kier molecular flexibility index (Phi) is 4.78. The zero-order valence-corrected chi connectivity index (χ0v) is 13.4. The van der Waals surface area contributed by atoms with Gasteiger partial charge in [0.1, 0.15) is 11.5 Å². The lowest BCUT2D eigenvalue weighted by Gasteiger charge is -2.22. The van der Waals surface area contributed by atoms with Gasteiger partial charge in [0.05, 0.1) is 5.41 Å². The number of carbonyl (C=O) groups is 2.